The smallest absolute Gasteiger partial charge is 0.0821 e. The van der Waals surface area contributed by atoms with Crippen molar-refractivity contribution in [3.63, 3.8) is 0 Å². The monoisotopic (exact) mass is 174 g/mol. The standard InChI is InChI=1S/C11H14N2/c1-8-3-4-10-11(7-9(8)2)13-6-5-12-10/h4-5,7,13H,3,6H2,1-2H3. The number of hydrogen-bond acceptors (Lipinski definition) is 2. The summed E-state index contributed by atoms with van der Waals surface area (Å²) in [4.78, 5) is 4.36. The third-order valence-electron chi connectivity index (χ3n) is 2.53. The second-order valence-corrected chi connectivity index (χ2v) is 3.51. The highest BCUT2D eigenvalue weighted by Gasteiger charge is 2.10. The van der Waals surface area contributed by atoms with Crippen LogP contribution in [0.3, 0.4) is 0 Å². The molecule has 0 bridgehead atoms. The Labute approximate surface area is 78.8 Å². The highest BCUT2D eigenvalue weighted by atomic mass is 15.0. The molecule has 0 fully saturated rings. The van der Waals surface area contributed by atoms with E-state index in [0.717, 1.165) is 24.4 Å². The SMILES string of the molecule is CC1=C(C)CC=C2N=CCNC2=C1. The van der Waals surface area contributed by atoms with Gasteiger partial charge in [-0.2, -0.15) is 0 Å². The van der Waals surface area contributed by atoms with Gasteiger partial charge in [-0.3, -0.25) is 4.99 Å². The molecule has 0 aromatic carbocycles. The summed E-state index contributed by atoms with van der Waals surface area (Å²) in [6, 6.07) is 0. The summed E-state index contributed by atoms with van der Waals surface area (Å²) in [7, 11) is 0. The molecule has 2 aliphatic rings. The number of allylic oxidation sites excluding steroid dienone is 4. The molecule has 1 N–H and O–H groups in total. The molecule has 1 aliphatic carbocycles. The van der Waals surface area contributed by atoms with Crippen LogP contribution in [0.2, 0.25) is 0 Å². The van der Waals surface area contributed by atoms with Gasteiger partial charge in [-0.25, -0.2) is 0 Å². The van der Waals surface area contributed by atoms with Gasteiger partial charge in [-0.15, -0.1) is 0 Å². The van der Waals surface area contributed by atoms with Gasteiger partial charge in [-0.1, -0.05) is 11.6 Å². The molecule has 0 aromatic rings. The lowest BCUT2D eigenvalue weighted by Crippen LogP contribution is -2.21. The summed E-state index contributed by atoms with van der Waals surface area (Å²) in [6.45, 7) is 5.17. The van der Waals surface area contributed by atoms with Gasteiger partial charge < -0.3 is 5.32 Å². The molecule has 68 valence electrons. The average molecular weight is 174 g/mol. The minimum absolute atomic E-state index is 0.843. The van der Waals surface area contributed by atoms with Gasteiger partial charge in [0.1, 0.15) is 0 Å². The fraction of sp³-hybridized carbons (Fsp3) is 0.364. The van der Waals surface area contributed by atoms with E-state index in [1.807, 2.05) is 6.21 Å². The van der Waals surface area contributed by atoms with E-state index in [4.69, 9.17) is 0 Å². The fourth-order valence-electron chi connectivity index (χ4n) is 1.50. The second-order valence-electron chi connectivity index (χ2n) is 3.51. The molecule has 1 aliphatic heterocycles. The third kappa shape index (κ3) is 1.57. The molecular formula is C11H14N2. The van der Waals surface area contributed by atoms with E-state index in [0.29, 0.717) is 0 Å². The van der Waals surface area contributed by atoms with E-state index in [-0.39, 0.29) is 0 Å². The second kappa shape index (κ2) is 3.21. The van der Waals surface area contributed by atoms with E-state index in [2.05, 4.69) is 36.3 Å². The lowest BCUT2D eigenvalue weighted by Gasteiger charge is -2.13. The predicted molar refractivity (Wildman–Crippen MR) is 55.7 cm³/mol. The van der Waals surface area contributed by atoms with Crippen molar-refractivity contribution in [2.45, 2.75) is 20.3 Å². The van der Waals surface area contributed by atoms with Crippen LogP contribution in [0.25, 0.3) is 0 Å². The molecule has 1 heterocycles. The Balaban J connectivity index is 2.42. The van der Waals surface area contributed by atoms with Crippen molar-refractivity contribution < 1.29 is 0 Å². The Hall–Kier alpha value is -1.31. The van der Waals surface area contributed by atoms with E-state index >= 15 is 0 Å². The van der Waals surface area contributed by atoms with Crippen molar-refractivity contribution >= 4 is 6.21 Å². The zero-order valence-corrected chi connectivity index (χ0v) is 8.09. The topological polar surface area (TPSA) is 24.4 Å². The van der Waals surface area contributed by atoms with Crippen LogP contribution < -0.4 is 5.32 Å². The molecule has 2 nitrogen and oxygen atoms in total. The van der Waals surface area contributed by atoms with Crippen LogP contribution in [-0.4, -0.2) is 12.8 Å². The van der Waals surface area contributed by atoms with Crippen LogP contribution in [0.1, 0.15) is 20.3 Å². The Morgan fingerprint density at radius 2 is 2.23 bits per heavy atom. The zero-order valence-electron chi connectivity index (χ0n) is 8.09. The minimum Gasteiger partial charge on any atom is -0.378 e. The van der Waals surface area contributed by atoms with Gasteiger partial charge >= 0.3 is 0 Å². The third-order valence-corrected chi connectivity index (χ3v) is 2.53. The number of aliphatic imine (C=N–C) groups is 1. The molecule has 2 heteroatoms. The molecule has 0 spiro atoms. The normalized spacial score (nSPS) is 21.4. The minimum atomic E-state index is 0.843. The molecule has 0 radical (unpaired) electrons. The van der Waals surface area contributed by atoms with Gasteiger partial charge in [0.2, 0.25) is 0 Å². The van der Waals surface area contributed by atoms with Gasteiger partial charge in [0.15, 0.2) is 0 Å². The first-order chi connectivity index (χ1) is 6.27. The summed E-state index contributed by atoms with van der Waals surface area (Å²) >= 11 is 0. The van der Waals surface area contributed by atoms with Crippen LogP contribution in [-0.2, 0) is 0 Å². The summed E-state index contributed by atoms with van der Waals surface area (Å²) in [5, 5.41) is 3.32. The maximum atomic E-state index is 4.36. The van der Waals surface area contributed by atoms with Crippen molar-refractivity contribution in [3.8, 4) is 0 Å². The highest BCUT2D eigenvalue weighted by molar-refractivity contribution is 5.66. The van der Waals surface area contributed by atoms with Crippen molar-refractivity contribution in [1.82, 2.24) is 5.32 Å². The first-order valence-corrected chi connectivity index (χ1v) is 4.62. The van der Waals surface area contributed by atoms with E-state index in [1.165, 1.54) is 11.1 Å². The van der Waals surface area contributed by atoms with Gasteiger partial charge in [0, 0.05) is 6.21 Å². The first-order valence-electron chi connectivity index (χ1n) is 4.62. The molecule has 0 saturated carbocycles. The number of rotatable bonds is 0. The van der Waals surface area contributed by atoms with E-state index in [9.17, 15) is 0 Å². The maximum Gasteiger partial charge on any atom is 0.0821 e. The van der Waals surface area contributed by atoms with E-state index in [1.54, 1.807) is 0 Å². The molecule has 0 atom stereocenters. The van der Waals surface area contributed by atoms with Crippen molar-refractivity contribution in [1.29, 1.82) is 0 Å². The van der Waals surface area contributed by atoms with Gasteiger partial charge in [0.05, 0.1) is 17.9 Å². The number of nitrogens with one attached hydrogen (secondary N) is 1. The Kier molecular flexibility index (Phi) is 2.05. The van der Waals surface area contributed by atoms with Crippen LogP contribution in [0, 0.1) is 0 Å². The van der Waals surface area contributed by atoms with Gasteiger partial charge in [0.25, 0.3) is 0 Å². The lowest BCUT2D eigenvalue weighted by atomic mass is 10.1. The molecule has 2 rings (SSSR count). The summed E-state index contributed by atoms with van der Waals surface area (Å²) in [6.07, 6.45) is 7.30. The van der Waals surface area contributed by atoms with Crippen LogP contribution in [0.5, 0.6) is 0 Å². The summed E-state index contributed by atoms with van der Waals surface area (Å²) < 4.78 is 0. The molecule has 0 saturated heterocycles. The molecule has 0 aromatic heterocycles. The zero-order chi connectivity index (χ0) is 9.26. The molecular weight excluding hydrogens is 160 g/mol. The average Bonchev–Trinajstić information content (AvgIpc) is 2.28. The number of fused-ring (bicyclic) bond motifs is 1. The van der Waals surface area contributed by atoms with Crippen molar-refractivity contribution in [2.24, 2.45) is 4.99 Å². The first kappa shape index (κ1) is 8.30. The lowest BCUT2D eigenvalue weighted by molar-refractivity contribution is 0.909. The quantitative estimate of drug-likeness (QED) is 0.598. The summed E-state index contributed by atoms with van der Waals surface area (Å²) in [5.74, 6) is 0. The molecule has 0 amide bonds. The largest absolute Gasteiger partial charge is 0.378 e. The molecule has 13 heavy (non-hydrogen) atoms. The van der Waals surface area contributed by atoms with E-state index < -0.39 is 0 Å². The Morgan fingerprint density at radius 1 is 1.38 bits per heavy atom. The summed E-state index contributed by atoms with van der Waals surface area (Å²) in [5.41, 5.74) is 5.02. The maximum absolute atomic E-state index is 4.36. The Morgan fingerprint density at radius 3 is 3.08 bits per heavy atom. The number of nitrogens with zero attached hydrogens (tertiary/aromatic N) is 1. The fourth-order valence-corrected chi connectivity index (χ4v) is 1.50. The predicted octanol–water partition coefficient (Wildman–Crippen LogP) is 2.17. The highest BCUT2D eigenvalue weighted by Crippen LogP contribution is 2.22. The van der Waals surface area contributed by atoms with Crippen molar-refractivity contribution in [2.75, 3.05) is 6.54 Å². The van der Waals surface area contributed by atoms with Crippen molar-refractivity contribution in [3.05, 3.63) is 34.7 Å². The van der Waals surface area contributed by atoms with Gasteiger partial charge in [-0.05, 0) is 31.9 Å². The van der Waals surface area contributed by atoms with Crippen LogP contribution in [0.15, 0.2) is 39.7 Å². The molecule has 0 unspecified atom stereocenters. The van der Waals surface area contributed by atoms with Crippen LogP contribution >= 0.6 is 0 Å². The Bertz CT molecular complexity index is 343. The van der Waals surface area contributed by atoms with Crippen LogP contribution in [0.4, 0.5) is 0 Å². The number of hydrogen-bond donors (Lipinski definition) is 1.